The van der Waals surface area contributed by atoms with Crippen molar-refractivity contribution in [1.29, 1.82) is 0 Å². The number of nitro groups is 1. The van der Waals surface area contributed by atoms with Crippen molar-refractivity contribution in [3.63, 3.8) is 0 Å². The summed E-state index contributed by atoms with van der Waals surface area (Å²) in [5, 5.41) is 10.8. The number of nitrogens with zero attached hydrogens (tertiary/aromatic N) is 2. The Morgan fingerprint density at radius 3 is 2.79 bits per heavy atom. The fourth-order valence-electron chi connectivity index (χ4n) is 1.39. The summed E-state index contributed by atoms with van der Waals surface area (Å²) in [6.45, 7) is 1.69. The van der Waals surface area contributed by atoms with Crippen molar-refractivity contribution in [3.8, 4) is 11.6 Å². The van der Waals surface area contributed by atoms with Crippen molar-refractivity contribution in [1.82, 2.24) is 4.98 Å². The third-order valence-corrected chi connectivity index (χ3v) is 2.57. The Hall–Kier alpha value is -2.21. The van der Waals surface area contributed by atoms with Gasteiger partial charge in [-0.25, -0.2) is 9.37 Å². The Morgan fingerprint density at radius 2 is 2.16 bits per heavy atom. The summed E-state index contributed by atoms with van der Waals surface area (Å²) in [6, 6.07) is 5.12. The van der Waals surface area contributed by atoms with Crippen LogP contribution in [0.2, 0.25) is 5.02 Å². The van der Waals surface area contributed by atoms with Crippen molar-refractivity contribution in [2.45, 2.75) is 6.92 Å². The molecule has 0 aliphatic rings. The van der Waals surface area contributed by atoms with Gasteiger partial charge >= 0.3 is 0 Å². The minimum Gasteiger partial charge on any atom is -0.436 e. The summed E-state index contributed by atoms with van der Waals surface area (Å²) in [6.07, 6.45) is 1.23. The molecule has 1 aromatic carbocycles. The first kappa shape index (κ1) is 13.2. The third kappa shape index (κ3) is 2.97. The maximum atomic E-state index is 13.5. The first-order valence-corrected chi connectivity index (χ1v) is 5.59. The molecule has 0 amide bonds. The van der Waals surface area contributed by atoms with Gasteiger partial charge in [-0.2, -0.15) is 0 Å². The molecular weight excluding hydrogens is 275 g/mol. The lowest BCUT2D eigenvalue weighted by atomic mass is 10.2. The highest BCUT2D eigenvalue weighted by atomic mass is 35.5. The fourth-order valence-corrected chi connectivity index (χ4v) is 1.54. The summed E-state index contributed by atoms with van der Waals surface area (Å²) in [5.41, 5.74) is 0.483. The first-order chi connectivity index (χ1) is 8.97. The molecule has 5 nitrogen and oxygen atoms in total. The zero-order valence-corrected chi connectivity index (χ0v) is 10.5. The zero-order chi connectivity index (χ0) is 14.0. The topological polar surface area (TPSA) is 65.3 Å². The Bertz CT molecular complexity index is 649. The average molecular weight is 283 g/mol. The minimum absolute atomic E-state index is 0.139. The Balaban J connectivity index is 2.37. The summed E-state index contributed by atoms with van der Waals surface area (Å²) in [7, 11) is 0. The molecule has 2 aromatic rings. The van der Waals surface area contributed by atoms with Gasteiger partial charge in [0.1, 0.15) is 5.75 Å². The molecule has 0 fully saturated rings. The summed E-state index contributed by atoms with van der Waals surface area (Å²) in [4.78, 5) is 13.8. The van der Waals surface area contributed by atoms with Crippen LogP contribution >= 0.6 is 11.6 Å². The second-order valence-corrected chi connectivity index (χ2v) is 4.19. The summed E-state index contributed by atoms with van der Waals surface area (Å²) < 4.78 is 18.8. The van der Waals surface area contributed by atoms with Crippen LogP contribution in [-0.2, 0) is 0 Å². The van der Waals surface area contributed by atoms with Crippen LogP contribution < -0.4 is 4.74 Å². The molecule has 2 rings (SSSR count). The van der Waals surface area contributed by atoms with E-state index >= 15 is 0 Å². The largest absolute Gasteiger partial charge is 0.436 e. The van der Waals surface area contributed by atoms with Crippen LogP contribution in [0.3, 0.4) is 0 Å². The number of benzene rings is 1. The first-order valence-electron chi connectivity index (χ1n) is 5.21. The minimum atomic E-state index is -0.738. The molecule has 0 unspecified atom stereocenters. The number of non-ortho nitro benzene ring substituents is 1. The van der Waals surface area contributed by atoms with Crippen molar-refractivity contribution in [2.75, 3.05) is 0 Å². The maximum Gasteiger partial charge on any atom is 0.273 e. The van der Waals surface area contributed by atoms with E-state index in [9.17, 15) is 14.5 Å². The highest BCUT2D eigenvalue weighted by molar-refractivity contribution is 6.30. The Labute approximate surface area is 112 Å². The van der Waals surface area contributed by atoms with Crippen molar-refractivity contribution in [2.24, 2.45) is 0 Å². The van der Waals surface area contributed by atoms with Gasteiger partial charge in [0.15, 0.2) is 5.82 Å². The summed E-state index contributed by atoms with van der Waals surface area (Å²) in [5.74, 6) is -0.852. The average Bonchev–Trinajstić information content (AvgIpc) is 2.34. The molecule has 1 aromatic heterocycles. The van der Waals surface area contributed by atoms with E-state index in [4.69, 9.17) is 16.3 Å². The van der Waals surface area contributed by atoms with E-state index in [1.807, 2.05) is 0 Å². The van der Waals surface area contributed by atoms with Crippen LogP contribution in [0.5, 0.6) is 11.6 Å². The molecule has 0 N–H and O–H groups in total. The number of hydrogen-bond donors (Lipinski definition) is 0. The van der Waals surface area contributed by atoms with Crippen LogP contribution in [0.15, 0.2) is 30.5 Å². The normalized spacial score (nSPS) is 10.3. The van der Waals surface area contributed by atoms with Crippen LogP contribution in [0, 0.1) is 22.9 Å². The molecule has 7 heteroatoms. The van der Waals surface area contributed by atoms with Crippen LogP contribution in [0.4, 0.5) is 10.1 Å². The van der Waals surface area contributed by atoms with E-state index in [1.165, 1.54) is 24.4 Å². The molecule has 0 spiro atoms. The molecule has 19 heavy (non-hydrogen) atoms. The molecule has 0 saturated carbocycles. The number of pyridine rings is 1. The Kier molecular flexibility index (Phi) is 3.62. The second kappa shape index (κ2) is 5.19. The predicted octanol–water partition coefficient (Wildman–Crippen LogP) is 3.88. The highest BCUT2D eigenvalue weighted by Gasteiger charge is 2.13. The highest BCUT2D eigenvalue weighted by Crippen LogP contribution is 2.29. The van der Waals surface area contributed by atoms with Crippen LogP contribution in [-0.4, -0.2) is 9.91 Å². The smallest absolute Gasteiger partial charge is 0.273 e. The fraction of sp³-hybridized carbons (Fsp3) is 0.0833. The van der Waals surface area contributed by atoms with E-state index < -0.39 is 10.7 Å². The number of hydrogen-bond acceptors (Lipinski definition) is 4. The lowest BCUT2D eigenvalue weighted by molar-refractivity contribution is -0.384. The van der Waals surface area contributed by atoms with Gasteiger partial charge in [0, 0.05) is 12.3 Å². The molecule has 0 saturated heterocycles. The van der Waals surface area contributed by atoms with Crippen molar-refractivity contribution < 1.29 is 14.1 Å². The molecule has 0 bridgehead atoms. The van der Waals surface area contributed by atoms with Crippen LogP contribution in [0.25, 0.3) is 0 Å². The van der Waals surface area contributed by atoms with E-state index in [1.54, 1.807) is 6.92 Å². The zero-order valence-electron chi connectivity index (χ0n) is 9.76. The van der Waals surface area contributed by atoms with Gasteiger partial charge < -0.3 is 4.74 Å². The Morgan fingerprint density at radius 1 is 1.42 bits per heavy atom. The molecule has 0 aliphatic carbocycles. The molecule has 0 aliphatic heterocycles. The number of ether oxygens (including phenoxy) is 1. The maximum absolute atomic E-state index is 13.5. The molecule has 0 radical (unpaired) electrons. The van der Waals surface area contributed by atoms with E-state index in [2.05, 4.69) is 4.98 Å². The monoisotopic (exact) mass is 282 g/mol. The lowest BCUT2D eigenvalue weighted by Gasteiger charge is -2.08. The van der Waals surface area contributed by atoms with Gasteiger partial charge in [0.25, 0.3) is 11.6 Å². The SMILES string of the molecule is Cc1ccc([N+](=O)[O-])cc1Oc1ncc(Cl)cc1F. The quantitative estimate of drug-likeness (QED) is 0.633. The second-order valence-electron chi connectivity index (χ2n) is 3.75. The number of aryl methyl sites for hydroxylation is 1. The van der Waals surface area contributed by atoms with Crippen molar-refractivity contribution >= 4 is 17.3 Å². The molecular formula is C12H8ClFN2O3. The third-order valence-electron chi connectivity index (χ3n) is 2.36. The molecule has 1 heterocycles. The summed E-state index contributed by atoms with van der Waals surface area (Å²) >= 11 is 5.57. The lowest BCUT2D eigenvalue weighted by Crippen LogP contribution is -1.95. The van der Waals surface area contributed by atoms with E-state index in [-0.39, 0.29) is 22.3 Å². The van der Waals surface area contributed by atoms with E-state index in [0.29, 0.717) is 5.56 Å². The number of aromatic nitrogens is 1. The molecule has 98 valence electrons. The van der Waals surface area contributed by atoms with Crippen molar-refractivity contribution in [3.05, 3.63) is 57.0 Å². The predicted molar refractivity (Wildman–Crippen MR) is 67.1 cm³/mol. The van der Waals surface area contributed by atoms with Gasteiger partial charge in [-0.3, -0.25) is 10.1 Å². The van der Waals surface area contributed by atoms with Gasteiger partial charge in [-0.15, -0.1) is 0 Å². The van der Waals surface area contributed by atoms with Gasteiger partial charge in [0.2, 0.25) is 0 Å². The van der Waals surface area contributed by atoms with Crippen LogP contribution in [0.1, 0.15) is 5.56 Å². The van der Waals surface area contributed by atoms with Gasteiger partial charge in [-0.05, 0) is 24.6 Å². The van der Waals surface area contributed by atoms with E-state index in [0.717, 1.165) is 6.07 Å². The van der Waals surface area contributed by atoms with Gasteiger partial charge in [0.05, 0.1) is 16.0 Å². The standard InChI is InChI=1S/C12H8ClFN2O3/c1-7-2-3-9(16(17)18)5-11(7)19-12-10(14)4-8(13)6-15-12/h2-6H,1H3. The molecule has 0 atom stereocenters. The van der Waals surface area contributed by atoms with Gasteiger partial charge in [-0.1, -0.05) is 11.6 Å². The number of nitro benzene ring substituents is 1. The number of halogens is 2. The number of rotatable bonds is 3.